The van der Waals surface area contributed by atoms with Gasteiger partial charge in [0.2, 0.25) is 0 Å². The normalized spacial score (nSPS) is 12.2. The number of aryl methyl sites for hydroxylation is 1. The summed E-state index contributed by atoms with van der Waals surface area (Å²) in [7, 11) is 0. The molecule has 0 spiro atoms. The molecule has 6 heteroatoms. The first-order valence-electron chi connectivity index (χ1n) is 6.47. The molecule has 1 aromatic rings. The number of aromatic nitrogens is 2. The van der Waals surface area contributed by atoms with Crippen molar-refractivity contribution in [3.05, 3.63) is 26.4 Å². The summed E-state index contributed by atoms with van der Waals surface area (Å²) in [5, 5.41) is 0. The van der Waals surface area contributed by atoms with Crippen LogP contribution < -0.4 is 5.56 Å². The van der Waals surface area contributed by atoms with Crippen molar-refractivity contribution >= 4 is 18.2 Å². The Morgan fingerprint density at radius 3 is 2.63 bits per heavy atom. The van der Waals surface area contributed by atoms with Gasteiger partial charge in [0, 0.05) is 5.69 Å². The molecule has 1 heterocycles. The first kappa shape index (κ1) is 15.6. The van der Waals surface area contributed by atoms with Crippen LogP contribution in [-0.2, 0) is 9.53 Å². The van der Waals surface area contributed by atoms with Gasteiger partial charge >= 0.3 is 5.97 Å². The van der Waals surface area contributed by atoms with Crippen molar-refractivity contribution in [3.8, 4) is 0 Å². The molecule has 0 saturated carbocycles. The zero-order valence-corrected chi connectivity index (χ0v) is 12.4. The van der Waals surface area contributed by atoms with Crippen LogP contribution in [0.15, 0.2) is 4.79 Å². The lowest BCUT2D eigenvalue weighted by molar-refractivity contribution is -0.145. The van der Waals surface area contributed by atoms with Crippen molar-refractivity contribution in [1.82, 2.24) is 9.97 Å². The number of rotatable bonds is 6. The largest absolute Gasteiger partial charge is 0.465 e. The van der Waals surface area contributed by atoms with E-state index in [0.29, 0.717) is 17.9 Å². The Kier molecular flexibility index (Phi) is 5.95. The van der Waals surface area contributed by atoms with Gasteiger partial charge in [-0.3, -0.25) is 14.6 Å². The highest BCUT2D eigenvalue weighted by Gasteiger charge is 2.22. The fourth-order valence-electron chi connectivity index (χ4n) is 1.90. The van der Waals surface area contributed by atoms with Crippen molar-refractivity contribution in [1.29, 1.82) is 0 Å². The summed E-state index contributed by atoms with van der Waals surface area (Å²) in [5.41, 5.74) is 0.653. The van der Waals surface area contributed by atoms with Crippen LogP contribution in [0.25, 0.3) is 0 Å². The number of hydrogen-bond acceptors (Lipinski definition) is 4. The molecule has 0 aliphatic rings. The molecule has 1 aromatic heterocycles. The van der Waals surface area contributed by atoms with Crippen LogP contribution in [0.1, 0.15) is 50.3 Å². The Morgan fingerprint density at radius 1 is 1.37 bits per heavy atom. The van der Waals surface area contributed by atoms with Gasteiger partial charge in [-0.1, -0.05) is 19.8 Å². The van der Waals surface area contributed by atoms with Gasteiger partial charge in [-0.25, -0.2) is 0 Å². The van der Waals surface area contributed by atoms with E-state index >= 15 is 0 Å². The maximum absolute atomic E-state index is 11.9. The minimum absolute atomic E-state index is 0.259. The van der Waals surface area contributed by atoms with Crippen LogP contribution in [0.3, 0.4) is 0 Å². The van der Waals surface area contributed by atoms with Gasteiger partial charge in [-0.05, 0) is 32.5 Å². The van der Waals surface area contributed by atoms with Crippen LogP contribution in [0.2, 0.25) is 0 Å². The molecule has 0 aromatic carbocycles. The molecular weight excluding hydrogens is 264 g/mol. The highest BCUT2D eigenvalue weighted by atomic mass is 32.1. The Bertz CT molecular complexity index is 548. The zero-order valence-electron chi connectivity index (χ0n) is 11.5. The summed E-state index contributed by atoms with van der Waals surface area (Å²) in [6, 6.07) is 0. The van der Waals surface area contributed by atoms with Gasteiger partial charge < -0.3 is 9.72 Å². The molecule has 2 N–H and O–H groups in total. The molecule has 0 saturated heterocycles. The number of ether oxygens (including phenoxy) is 1. The Labute approximate surface area is 117 Å². The van der Waals surface area contributed by atoms with Crippen molar-refractivity contribution in [2.24, 2.45) is 0 Å². The van der Waals surface area contributed by atoms with E-state index in [1.165, 1.54) is 0 Å². The van der Waals surface area contributed by atoms with E-state index in [1.807, 2.05) is 0 Å². The molecule has 19 heavy (non-hydrogen) atoms. The summed E-state index contributed by atoms with van der Waals surface area (Å²) in [4.78, 5) is 29.0. The Morgan fingerprint density at radius 2 is 2.05 bits per heavy atom. The second kappa shape index (κ2) is 7.23. The van der Waals surface area contributed by atoms with Gasteiger partial charge in [-0.15, -0.1) is 0 Å². The highest BCUT2D eigenvalue weighted by Crippen LogP contribution is 2.15. The second-order valence-corrected chi connectivity index (χ2v) is 4.95. The molecule has 0 aliphatic heterocycles. The number of carbonyl (C=O) groups is 1. The molecule has 1 rings (SSSR count). The first-order chi connectivity index (χ1) is 8.97. The smallest absolute Gasteiger partial charge is 0.313 e. The number of carbonyl (C=O) groups excluding carboxylic acids is 1. The molecule has 0 amide bonds. The lowest BCUT2D eigenvalue weighted by atomic mass is 10.0. The fraction of sp³-hybridized carbons (Fsp3) is 0.615. The van der Waals surface area contributed by atoms with E-state index in [2.05, 4.69) is 16.9 Å². The van der Waals surface area contributed by atoms with Crippen LogP contribution in [0.5, 0.6) is 0 Å². The molecule has 5 nitrogen and oxygen atoms in total. The van der Waals surface area contributed by atoms with Crippen molar-refractivity contribution in [2.45, 2.75) is 46.0 Å². The summed E-state index contributed by atoms with van der Waals surface area (Å²) < 4.78 is 5.43. The van der Waals surface area contributed by atoms with Crippen LogP contribution in [0.4, 0.5) is 0 Å². The standard InChI is InChI=1S/C13H20N2O3S/c1-4-5-6-7-18-12(17)8(2)10-9(3)14-13(19)15-11(10)16/h8H,4-7H2,1-3H3,(H2,14,15,16,19)/t8-/m1/s1. The summed E-state index contributed by atoms with van der Waals surface area (Å²) in [6.45, 7) is 5.87. The molecule has 0 radical (unpaired) electrons. The second-order valence-electron chi connectivity index (χ2n) is 4.54. The number of unbranched alkanes of at least 4 members (excludes halogenated alkanes) is 2. The Hall–Kier alpha value is -1.43. The number of aromatic amines is 2. The van der Waals surface area contributed by atoms with Crippen molar-refractivity contribution in [2.75, 3.05) is 6.61 Å². The quantitative estimate of drug-likeness (QED) is 0.478. The van der Waals surface area contributed by atoms with E-state index < -0.39 is 5.92 Å². The Balaban J connectivity index is 2.77. The number of hydrogen-bond donors (Lipinski definition) is 2. The topological polar surface area (TPSA) is 75.0 Å². The minimum atomic E-state index is -0.600. The minimum Gasteiger partial charge on any atom is -0.465 e. The molecule has 1 atom stereocenters. The summed E-state index contributed by atoms with van der Waals surface area (Å²) >= 11 is 4.87. The zero-order chi connectivity index (χ0) is 14.4. The number of H-pyrrole nitrogens is 2. The van der Waals surface area contributed by atoms with Crippen LogP contribution >= 0.6 is 12.2 Å². The maximum atomic E-state index is 11.9. The molecule has 0 unspecified atom stereocenters. The SMILES string of the molecule is CCCCCOC(=O)[C@H](C)c1c(C)[nH]c(=S)[nH]c1=O. The van der Waals surface area contributed by atoms with E-state index in [-0.39, 0.29) is 16.3 Å². The lowest BCUT2D eigenvalue weighted by Crippen LogP contribution is -2.24. The predicted molar refractivity (Wildman–Crippen MR) is 75.9 cm³/mol. The van der Waals surface area contributed by atoms with Crippen molar-refractivity contribution < 1.29 is 9.53 Å². The van der Waals surface area contributed by atoms with Crippen LogP contribution in [-0.4, -0.2) is 22.5 Å². The average Bonchev–Trinajstić information content (AvgIpc) is 2.33. The van der Waals surface area contributed by atoms with Gasteiger partial charge in [0.05, 0.1) is 18.1 Å². The van der Waals surface area contributed by atoms with Crippen molar-refractivity contribution in [3.63, 3.8) is 0 Å². The number of esters is 1. The van der Waals surface area contributed by atoms with E-state index in [9.17, 15) is 9.59 Å². The monoisotopic (exact) mass is 284 g/mol. The summed E-state index contributed by atoms with van der Waals surface area (Å²) in [5.74, 6) is -0.979. The molecule has 0 bridgehead atoms. The van der Waals surface area contributed by atoms with Gasteiger partial charge in [0.1, 0.15) is 0 Å². The predicted octanol–water partition coefficient (Wildman–Crippen LogP) is 2.58. The van der Waals surface area contributed by atoms with Crippen LogP contribution in [0, 0.1) is 11.7 Å². The number of nitrogens with one attached hydrogen (secondary N) is 2. The molecule has 0 aliphatic carbocycles. The van der Waals surface area contributed by atoms with Gasteiger partial charge in [-0.2, -0.15) is 0 Å². The highest BCUT2D eigenvalue weighted by molar-refractivity contribution is 7.71. The maximum Gasteiger partial charge on any atom is 0.313 e. The van der Waals surface area contributed by atoms with E-state index in [1.54, 1.807) is 13.8 Å². The third-order valence-corrected chi connectivity index (χ3v) is 3.16. The molecule has 106 valence electrons. The lowest BCUT2D eigenvalue weighted by Gasteiger charge is -2.12. The van der Waals surface area contributed by atoms with E-state index in [4.69, 9.17) is 17.0 Å². The molecular formula is C13H20N2O3S. The fourth-order valence-corrected chi connectivity index (χ4v) is 2.14. The van der Waals surface area contributed by atoms with E-state index in [0.717, 1.165) is 19.3 Å². The van der Waals surface area contributed by atoms with Gasteiger partial charge in [0.15, 0.2) is 4.77 Å². The third kappa shape index (κ3) is 4.31. The average molecular weight is 284 g/mol. The summed E-state index contributed by atoms with van der Waals surface area (Å²) in [6.07, 6.45) is 2.95. The van der Waals surface area contributed by atoms with Gasteiger partial charge in [0.25, 0.3) is 5.56 Å². The first-order valence-corrected chi connectivity index (χ1v) is 6.88. The third-order valence-electron chi connectivity index (χ3n) is 2.96. The molecule has 0 fully saturated rings.